The molecule has 0 spiro atoms. The third-order valence-corrected chi connectivity index (χ3v) is 2.29. The third kappa shape index (κ3) is 1.99. The van der Waals surface area contributed by atoms with Crippen LogP contribution in [0.3, 0.4) is 0 Å². The lowest BCUT2D eigenvalue weighted by molar-refractivity contribution is 0.0785. The Hall–Kier alpha value is -0.530. The molecule has 66 valence electrons. The number of benzene rings is 1. The van der Waals surface area contributed by atoms with Crippen molar-refractivity contribution >= 4 is 11.6 Å². The van der Waals surface area contributed by atoms with Crippen molar-refractivity contribution in [2.45, 2.75) is 26.4 Å². The van der Waals surface area contributed by atoms with Crippen molar-refractivity contribution in [3.05, 3.63) is 34.3 Å². The van der Waals surface area contributed by atoms with Crippen LogP contribution >= 0.6 is 11.6 Å². The molecule has 0 aromatic heterocycles. The molecule has 0 aliphatic rings. The van der Waals surface area contributed by atoms with Crippen molar-refractivity contribution < 1.29 is 5.11 Å². The number of rotatable bonds is 1. The van der Waals surface area contributed by atoms with E-state index in [0.29, 0.717) is 0 Å². The summed E-state index contributed by atoms with van der Waals surface area (Å²) >= 11 is 5.85. The molecule has 1 rings (SSSR count). The minimum absolute atomic E-state index is 0.739. The van der Waals surface area contributed by atoms with E-state index < -0.39 is 5.60 Å². The fourth-order valence-electron chi connectivity index (χ4n) is 1.03. The monoisotopic (exact) mass is 184 g/mol. The Morgan fingerprint density at radius 2 is 1.92 bits per heavy atom. The second-order valence-corrected chi connectivity index (χ2v) is 3.93. The van der Waals surface area contributed by atoms with Crippen LogP contribution in [-0.2, 0) is 5.60 Å². The molecule has 0 unspecified atom stereocenters. The highest BCUT2D eigenvalue weighted by Gasteiger charge is 2.15. The maximum absolute atomic E-state index is 9.66. The van der Waals surface area contributed by atoms with E-state index in [1.807, 2.05) is 25.1 Å². The molecule has 0 atom stereocenters. The van der Waals surface area contributed by atoms with Crippen LogP contribution in [0.5, 0.6) is 0 Å². The fourth-order valence-corrected chi connectivity index (χ4v) is 1.14. The van der Waals surface area contributed by atoms with Crippen LogP contribution in [0.4, 0.5) is 0 Å². The summed E-state index contributed by atoms with van der Waals surface area (Å²) in [7, 11) is 0. The van der Waals surface area contributed by atoms with E-state index in [-0.39, 0.29) is 0 Å². The van der Waals surface area contributed by atoms with Crippen LogP contribution in [0.2, 0.25) is 5.02 Å². The molecule has 1 nitrogen and oxygen atoms in total. The van der Waals surface area contributed by atoms with Gasteiger partial charge in [0.25, 0.3) is 0 Å². The smallest absolute Gasteiger partial charge is 0.0840 e. The standard InChI is InChI=1S/C10H13ClO/c1-7-6-8(10(2,3)12)4-5-9(7)11/h4-6,12H,1-3H3. The summed E-state index contributed by atoms with van der Waals surface area (Å²) in [6.45, 7) is 5.45. The summed E-state index contributed by atoms with van der Waals surface area (Å²) in [4.78, 5) is 0. The summed E-state index contributed by atoms with van der Waals surface area (Å²) in [5.41, 5.74) is 1.11. The predicted molar refractivity (Wildman–Crippen MR) is 51.4 cm³/mol. The topological polar surface area (TPSA) is 20.2 Å². The first-order chi connectivity index (χ1) is 5.41. The van der Waals surface area contributed by atoms with Crippen molar-refractivity contribution in [3.63, 3.8) is 0 Å². The molecule has 0 aliphatic carbocycles. The van der Waals surface area contributed by atoms with Crippen LogP contribution in [0, 0.1) is 6.92 Å². The van der Waals surface area contributed by atoms with E-state index in [0.717, 1.165) is 16.1 Å². The maximum atomic E-state index is 9.66. The van der Waals surface area contributed by atoms with E-state index in [1.54, 1.807) is 13.8 Å². The van der Waals surface area contributed by atoms with Gasteiger partial charge in [-0.25, -0.2) is 0 Å². The van der Waals surface area contributed by atoms with Gasteiger partial charge < -0.3 is 5.11 Å². The first-order valence-electron chi connectivity index (χ1n) is 3.90. The molecule has 0 fully saturated rings. The third-order valence-electron chi connectivity index (χ3n) is 1.86. The van der Waals surface area contributed by atoms with Crippen molar-refractivity contribution in [2.75, 3.05) is 0 Å². The zero-order valence-corrected chi connectivity index (χ0v) is 8.31. The highest BCUT2D eigenvalue weighted by molar-refractivity contribution is 6.31. The number of hydrogen-bond acceptors (Lipinski definition) is 1. The van der Waals surface area contributed by atoms with Crippen LogP contribution in [0.1, 0.15) is 25.0 Å². The molecule has 0 heterocycles. The predicted octanol–water partition coefficient (Wildman–Crippen LogP) is 2.88. The number of halogens is 1. The van der Waals surface area contributed by atoms with Crippen LogP contribution < -0.4 is 0 Å². The minimum Gasteiger partial charge on any atom is -0.386 e. The second kappa shape index (κ2) is 3.08. The molecule has 0 radical (unpaired) electrons. The van der Waals surface area contributed by atoms with Crippen molar-refractivity contribution in [1.29, 1.82) is 0 Å². The van der Waals surface area contributed by atoms with Crippen LogP contribution in [0.15, 0.2) is 18.2 Å². The van der Waals surface area contributed by atoms with Gasteiger partial charge in [0.15, 0.2) is 0 Å². The second-order valence-electron chi connectivity index (χ2n) is 3.52. The first kappa shape index (κ1) is 9.56. The summed E-state index contributed by atoms with van der Waals surface area (Å²) in [5.74, 6) is 0. The molecule has 2 heteroatoms. The summed E-state index contributed by atoms with van der Waals surface area (Å²) in [6, 6.07) is 5.56. The van der Waals surface area contributed by atoms with Gasteiger partial charge in [0.1, 0.15) is 0 Å². The van der Waals surface area contributed by atoms with E-state index >= 15 is 0 Å². The van der Waals surface area contributed by atoms with Gasteiger partial charge in [-0.1, -0.05) is 23.7 Å². The lowest BCUT2D eigenvalue weighted by atomic mass is 9.97. The molecule has 0 amide bonds. The van der Waals surface area contributed by atoms with Crippen molar-refractivity contribution in [3.8, 4) is 0 Å². The van der Waals surface area contributed by atoms with Crippen LogP contribution in [-0.4, -0.2) is 5.11 Å². The van der Waals surface area contributed by atoms with E-state index in [2.05, 4.69) is 0 Å². The highest BCUT2D eigenvalue weighted by Crippen LogP contribution is 2.24. The molecule has 0 aliphatic heterocycles. The lowest BCUT2D eigenvalue weighted by Crippen LogP contribution is -2.15. The Bertz CT molecular complexity index is 286. The molecule has 1 aromatic carbocycles. The molecule has 1 N–H and O–H groups in total. The van der Waals surface area contributed by atoms with Gasteiger partial charge >= 0.3 is 0 Å². The Kier molecular flexibility index (Phi) is 2.45. The molecule has 0 bridgehead atoms. The number of hydrogen-bond donors (Lipinski definition) is 1. The minimum atomic E-state index is -0.782. The Morgan fingerprint density at radius 3 is 2.33 bits per heavy atom. The number of aryl methyl sites for hydroxylation is 1. The van der Waals surface area contributed by atoms with Gasteiger partial charge in [-0.15, -0.1) is 0 Å². The SMILES string of the molecule is Cc1cc(C(C)(C)O)ccc1Cl. The summed E-state index contributed by atoms with van der Waals surface area (Å²) in [6.07, 6.45) is 0. The summed E-state index contributed by atoms with van der Waals surface area (Å²) in [5, 5.41) is 10.4. The molecule has 0 saturated heterocycles. The Labute approximate surface area is 78.0 Å². The highest BCUT2D eigenvalue weighted by atomic mass is 35.5. The molecule has 1 aromatic rings. The van der Waals surface area contributed by atoms with Gasteiger partial charge in [-0.05, 0) is 38.0 Å². The number of aliphatic hydroxyl groups is 1. The normalized spacial score (nSPS) is 11.8. The van der Waals surface area contributed by atoms with Crippen molar-refractivity contribution in [1.82, 2.24) is 0 Å². The maximum Gasteiger partial charge on any atom is 0.0840 e. The van der Waals surface area contributed by atoms with Gasteiger partial charge in [0.05, 0.1) is 5.60 Å². The zero-order chi connectivity index (χ0) is 9.35. The Balaban J connectivity index is 3.14. The Morgan fingerprint density at radius 1 is 1.33 bits per heavy atom. The van der Waals surface area contributed by atoms with E-state index in [4.69, 9.17) is 11.6 Å². The average molecular weight is 185 g/mol. The lowest BCUT2D eigenvalue weighted by Gasteiger charge is -2.18. The van der Waals surface area contributed by atoms with E-state index in [1.165, 1.54) is 0 Å². The van der Waals surface area contributed by atoms with Gasteiger partial charge in [-0.3, -0.25) is 0 Å². The van der Waals surface area contributed by atoms with Gasteiger partial charge in [-0.2, -0.15) is 0 Å². The van der Waals surface area contributed by atoms with Crippen molar-refractivity contribution in [2.24, 2.45) is 0 Å². The van der Waals surface area contributed by atoms with E-state index in [9.17, 15) is 5.11 Å². The zero-order valence-electron chi connectivity index (χ0n) is 7.56. The van der Waals surface area contributed by atoms with Gasteiger partial charge in [0.2, 0.25) is 0 Å². The summed E-state index contributed by atoms with van der Waals surface area (Å²) < 4.78 is 0. The van der Waals surface area contributed by atoms with Crippen LogP contribution in [0.25, 0.3) is 0 Å². The molecular formula is C10H13ClO. The molecular weight excluding hydrogens is 172 g/mol. The molecule has 0 saturated carbocycles. The first-order valence-corrected chi connectivity index (χ1v) is 4.28. The average Bonchev–Trinajstić information content (AvgIpc) is 1.92. The van der Waals surface area contributed by atoms with Gasteiger partial charge in [0, 0.05) is 5.02 Å². The fraction of sp³-hybridized carbons (Fsp3) is 0.400. The quantitative estimate of drug-likeness (QED) is 0.712. The molecule has 12 heavy (non-hydrogen) atoms. The largest absolute Gasteiger partial charge is 0.386 e.